The molecule has 0 aliphatic rings. The average molecular weight is 263 g/mol. The van der Waals surface area contributed by atoms with Crippen LogP contribution in [0, 0.1) is 0 Å². The van der Waals surface area contributed by atoms with Gasteiger partial charge in [0.15, 0.2) is 0 Å². The van der Waals surface area contributed by atoms with Crippen LogP contribution in [-0.2, 0) is 17.5 Å². The molecule has 0 radical (unpaired) electrons. The van der Waals surface area contributed by atoms with Crippen LogP contribution in [0.2, 0.25) is 0 Å². The van der Waals surface area contributed by atoms with Gasteiger partial charge in [0.1, 0.15) is 5.75 Å². The molecule has 1 rings (SSSR count). The summed E-state index contributed by atoms with van der Waals surface area (Å²) < 4.78 is 26.8. The van der Waals surface area contributed by atoms with Gasteiger partial charge in [0.25, 0.3) is 0 Å². The molecular weight excluding hydrogens is 250 g/mol. The molecule has 0 aliphatic heterocycles. The molecule has 4 nitrogen and oxygen atoms in total. The van der Waals surface area contributed by atoms with Gasteiger partial charge in [-0.25, -0.2) is 0 Å². The van der Waals surface area contributed by atoms with E-state index in [9.17, 15) is 8.76 Å². The van der Waals surface area contributed by atoms with Crippen LogP contribution < -0.4 is 10.5 Å². The van der Waals surface area contributed by atoms with E-state index in [0.717, 1.165) is 5.56 Å². The lowest BCUT2D eigenvalue weighted by Gasteiger charge is -2.14. The van der Waals surface area contributed by atoms with Crippen LogP contribution in [0.1, 0.15) is 5.56 Å². The first kappa shape index (κ1) is 13.4. The summed E-state index contributed by atoms with van der Waals surface area (Å²) in [6, 6.07) is 4.76. The Kier molecular flexibility index (Phi) is 5.21. The standard InChI is InChI=1S/C10H14ClNO3S/c1-15-9-3-2-7(4-8(12)6-11)5-10(9)16(13)14/h2-3,5,8H,4,6,12H2,1H3,(H,13,14)/p-1/t8-/m0/s1. The second kappa shape index (κ2) is 6.20. The van der Waals surface area contributed by atoms with Crippen molar-refractivity contribution in [1.82, 2.24) is 0 Å². The third-order valence-corrected chi connectivity index (χ3v) is 3.18. The van der Waals surface area contributed by atoms with Gasteiger partial charge in [0.05, 0.1) is 12.0 Å². The summed E-state index contributed by atoms with van der Waals surface area (Å²) in [7, 11) is 1.43. The summed E-state index contributed by atoms with van der Waals surface area (Å²) in [5, 5.41) is 0. The lowest BCUT2D eigenvalue weighted by atomic mass is 10.1. The average Bonchev–Trinajstić information content (AvgIpc) is 2.28. The van der Waals surface area contributed by atoms with E-state index in [2.05, 4.69) is 0 Å². The zero-order valence-corrected chi connectivity index (χ0v) is 10.4. The maximum absolute atomic E-state index is 11.0. The molecule has 0 saturated carbocycles. The maximum Gasteiger partial charge on any atom is 0.133 e. The Morgan fingerprint density at radius 1 is 1.62 bits per heavy atom. The van der Waals surface area contributed by atoms with E-state index in [0.29, 0.717) is 18.1 Å². The van der Waals surface area contributed by atoms with Crippen molar-refractivity contribution < 1.29 is 13.5 Å². The van der Waals surface area contributed by atoms with E-state index in [1.165, 1.54) is 7.11 Å². The predicted octanol–water partition coefficient (Wildman–Crippen LogP) is 1.04. The summed E-state index contributed by atoms with van der Waals surface area (Å²) >= 11 is 3.28. The van der Waals surface area contributed by atoms with E-state index >= 15 is 0 Å². The quantitative estimate of drug-likeness (QED) is 0.636. The minimum Gasteiger partial charge on any atom is -0.768 e. The largest absolute Gasteiger partial charge is 0.768 e. The molecule has 0 saturated heterocycles. The number of hydrogen-bond donors (Lipinski definition) is 1. The smallest absolute Gasteiger partial charge is 0.133 e. The molecule has 1 aromatic carbocycles. The predicted molar refractivity (Wildman–Crippen MR) is 62.6 cm³/mol. The van der Waals surface area contributed by atoms with Crippen molar-refractivity contribution in [3.8, 4) is 5.75 Å². The Morgan fingerprint density at radius 3 is 2.81 bits per heavy atom. The Labute approximate surface area is 102 Å². The molecule has 0 heterocycles. The molecule has 0 spiro atoms. The molecule has 2 atom stereocenters. The molecule has 0 aliphatic carbocycles. The number of benzene rings is 1. The van der Waals surface area contributed by atoms with Crippen molar-refractivity contribution in [2.45, 2.75) is 17.4 Å². The summed E-state index contributed by atoms with van der Waals surface area (Å²) in [5.41, 5.74) is 6.51. The molecule has 0 amide bonds. The van der Waals surface area contributed by atoms with Gasteiger partial charge in [-0.15, -0.1) is 11.6 Å². The lowest BCUT2D eigenvalue weighted by molar-refractivity contribution is 0.401. The van der Waals surface area contributed by atoms with Crippen molar-refractivity contribution >= 4 is 22.7 Å². The van der Waals surface area contributed by atoms with Crippen LogP contribution >= 0.6 is 11.6 Å². The molecule has 2 N–H and O–H groups in total. The Hall–Kier alpha value is -0.620. The normalized spacial score (nSPS) is 14.5. The van der Waals surface area contributed by atoms with Crippen LogP contribution in [0.25, 0.3) is 0 Å². The van der Waals surface area contributed by atoms with Crippen LogP contribution in [0.4, 0.5) is 0 Å². The highest BCUT2D eigenvalue weighted by Gasteiger charge is 2.07. The fourth-order valence-electron chi connectivity index (χ4n) is 1.34. The summed E-state index contributed by atoms with van der Waals surface area (Å²) in [4.78, 5) is 0.141. The first-order valence-electron chi connectivity index (χ1n) is 4.66. The third kappa shape index (κ3) is 3.45. The number of halogens is 1. The fourth-order valence-corrected chi connectivity index (χ4v) is 2.01. The van der Waals surface area contributed by atoms with Crippen molar-refractivity contribution in [3.05, 3.63) is 23.8 Å². The summed E-state index contributed by atoms with van der Waals surface area (Å²) in [5.74, 6) is 0.665. The van der Waals surface area contributed by atoms with Crippen LogP contribution in [-0.4, -0.2) is 27.8 Å². The minimum absolute atomic E-state index is 0.141. The number of hydrogen-bond acceptors (Lipinski definition) is 4. The third-order valence-electron chi connectivity index (χ3n) is 2.10. The van der Waals surface area contributed by atoms with Crippen LogP contribution in [0.15, 0.2) is 23.1 Å². The van der Waals surface area contributed by atoms with Gasteiger partial charge in [-0.1, -0.05) is 6.07 Å². The van der Waals surface area contributed by atoms with Crippen molar-refractivity contribution in [3.63, 3.8) is 0 Å². The van der Waals surface area contributed by atoms with Gasteiger partial charge in [-0.2, -0.15) is 0 Å². The number of rotatable bonds is 5. The van der Waals surface area contributed by atoms with Crippen molar-refractivity contribution in [1.29, 1.82) is 0 Å². The lowest BCUT2D eigenvalue weighted by Crippen LogP contribution is -2.24. The Bertz CT molecular complexity index is 386. The summed E-state index contributed by atoms with van der Waals surface area (Å²) in [6.45, 7) is 0. The monoisotopic (exact) mass is 262 g/mol. The fraction of sp³-hybridized carbons (Fsp3) is 0.400. The molecule has 6 heteroatoms. The van der Waals surface area contributed by atoms with E-state index < -0.39 is 11.1 Å². The van der Waals surface area contributed by atoms with Gasteiger partial charge in [-0.3, -0.25) is 4.21 Å². The van der Waals surface area contributed by atoms with Gasteiger partial charge in [-0.05, 0) is 35.2 Å². The van der Waals surface area contributed by atoms with E-state index in [-0.39, 0.29) is 10.9 Å². The first-order chi connectivity index (χ1) is 7.58. The Balaban J connectivity index is 2.97. The SMILES string of the molecule is COc1ccc(C[C@H](N)CCl)cc1S(=O)[O-]. The second-order valence-corrected chi connectivity index (χ2v) is 4.56. The first-order valence-corrected chi connectivity index (χ1v) is 6.27. The van der Waals surface area contributed by atoms with Crippen LogP contribution in [0.3, 0.4) is 0 Å². The maximum atomic E-state index is 11.0. The van der Waals surface area contributed by atoms with Crippen molar-refractivity contribution in [2.24, 2.45) is 5.73 Å². The number of ether oxygens (including phenoxy) is 1. The Morgan fingerprint density at radius 2 is 2.31 bits per heavy atom. The number of methoxy groups -OCH3 is 1. The molecule has 1 unspecified atom stereocenters. The van der Waals surface area contributed by atoms with Crippen LogP contribution in [0.5, 0.6) is 5.75 Å². The van der Waals surface area contributed by atoms with E-state index in [4.69, 9.17) is 22.1 Å². The summed E-state index contributed by atoms with van der Waals surface area (Å²) in [6.07, 6.45) is 0.539. The highest BCUT2D eigenvalue weighted by Crippen LogP contribution is 2.23. The zero-order chi connectivity index (χ0) is 12.1. The molecule has 1 aromatic rings. The van der Waals surface area contributed by atoms with Crippen molar-refractivity contribution in [2.75, 3.05) is 13.0 Å². The van der Waals surface area contributed by atoms with Gasteiger partial charge in [0.2, 0.25) is 0 Å². The highest BCUT2D eigenvalue weighted by atomic mass is 35.5. The van der Waals surface area contributed by atoms with Gasteiger partial charge >= 0.3 is 0 Å². The number of alkyl halides is 1. The number of nitrogens with two attached hydrogens (primary N) is 1. The topological polar surface area (TPSA) is 75.4 Å². The highest BCUT2D eigenvalue weighted by molar-refractivity contribution is 7.79. The van der Waals surface area contributed by atoms with Gasteiger partial charge < -0.3 is 15.0 Å². The molecule has 0 fully saturated rings. The molecule has 0 bridgehead atoms. The zero-order valence-electron chi connectivity index (χ0n) is 8.81. The molecule has 90 valence electrons. The molecular formula is C10H13ClNO3S-. The minimum atomic E-state index is -2.32. The van der Waals surface area contributed by atoms with E-state index in [1.807, 2.05) is 0 Å². The van der Waals surface area contributed by atoms with Gasteiger partial charge in [0, 0.05) is 11.9 Å². The second-order valence-electron chi connectivity index (χ2n) is 3.34. The molecule has 0 aromatic heterocycles. The molecule has 16 heavy (non-hydrogen) atoms. The van der Waals surface area contributed by atoms with E-state index in [1.54, 1.807) is 18.2 Å².